The summed E-state index contributed by atoms with van der Waals surface area (Å²) in [4.78, 5) is 12.6. The fraction of sp³-hybridized carbons (Fsp3) is 0.211. The molecule has 24 heavy (non-hydrogen) atoms. The second-order valence-corrected chi connectivity index (χ2v) is 5.62. The lowest BCUT2D eigenvalue weighted by Gasteiger charge is -2.15. The van der Waals surface area contributed by atoms with Crippen molar-refractivity contribution in [1.29, 1.82) is 0 Å². The van der Waals surface area contributed by atoms with Crippen LogP contribution in [0.15, 0.2) is 48.5 Å². The molecule has 0 spiro atoms. The fourth-order valence-corrected chi connectivity index (χ4v) is 2.32. The van der Waals surface area contributed by atoms with Crippen molar-refractivity contribution in [1.82, 2.24) is 5.32 Å². The quantitative estimate of drug-likeness (QED) is 0.474. The van der Waals surface area contributed by atoms with E-state index in [1.54, 1.807) is 37.3 Å². The van der Waals surface area contributed by atoms with Gasteiger partial charge in [-0.05, 0) is 55.3 Å². The molecule has 0 radical (unpaired) electrons. The summed E-state index contributed by atoms with van der Waals surface area (Å²) in [5, 5.41) is 3.39. The normalized spacial score (nSPS) is 12.8. The third-order valence-electron chi connectivity index (χ3n) is 3.33. The topological polar surface area (TPSA) is 38.3 Å². The van der Waals surface area contributed by atoms with Gasteiger partial charge in [0.2, 0.25) is 0 Å². The Labute approximate surface area is 146 Å². The summed E-state index contributed by atoms with van der Waals surface area (Å²) in [5.74, 6) is -0.648. The molecule has 3 nitrogen and oxygen atoms in total. The van der Waals surface area contributed by atoms with E-state index in [9.17, 15) is 9.18 Å². The van der Waals surface area contributed by atoms with Gasteiger partial charge in [-0.15, -0.1) is 0 Å². The molecule has 2 aromatic rings. The predicted octanol–water partition coefficient (Wildman–Crippen LogP) is 4.52. The zero-order valence-corrected chi connectivity index (χ0v) is 14.3. The molecule has 0 bridgehead atoms. The number of rotatable bonds is 6. The molecule has 0 aliphatic heterocycles. The number of benzene rings is 2. The van der Waals surface area contributed by atoms with Crippen LogP contribution in [0.25, 0.3) is 11.6 Å². The lowest BCUT2D eigenvalue weighted by atomic mass is 10.0. The highest BCUT2D eigenvalue weighted by atomic mass is 35.5. The standard InChI is InChI=1S/C19H19ClFNO2/c1-3-24-13(2)22-19(23)18(15-6-10-17(21)11-7-15)12-14-4-8-16(20)9-5-14/h4-13H,3H2,1-2H3,(H,22,23)/b18-12-. The highest BCUT2D eigenvalue weighted by Gasteiger charge is 2.15. The van der Waals surface area contributed by atoms with Crippen LogP contribution in [0.2, 0.25) is 5.02 Å². The van der Waals surface area contributed by atoms with Crippen molar-refractivity contribution < 1.29 is 13.9 Å². The van der Waals surface area contributed by atoms with Gasteiger partial charge in [0.25, 0.3) is 5.91 Å². The third kappa shape index (κ3) is 5.18. The SMILES string of the molecule is CCOC(C)NC(=O)/C(=C\c1ccc(Cl)cc1)c1ccc(F)cc1. The van der Waals surface area contributed by atoms with E-state index >= 15 is 0 Å². The monoisotopic (exact) mass is 347 g/mol. The number of carbonyl (C=O) groups is 1. The minimum atomic E-state index is -0.420. The molecule has 0 heterocycles. The van der Waals surface area contributed by atoms with Crippen LogP contribution in [0.4, 0.5) is 4.39 Å². The van der Waals surface area contributed by atoms with Crippen LogP contribution >= 0.6 is 11.6 Å². The third-order valence-corrected chi connectivity index (χ3v) is 3.58. The van der Waals surface area contributed by atoms with Crippen LogP contribution in [-0.2, 0) is 9.53 Å². The van der Waals surface area contributed by atoms with Crippen LogP contribution in [0.3, 0.4) is 0 Å². The van der Waals surface area contributed by atoms with Crippen molar-refractivity contribution in [2.24, 2.45) is 0 Å². The highest BCUT2D eigenvalue weighted by molar-refractivity contribution is 6.30. The van der Waals surface area contributed by atoms with Gasteiger partial charge in [0.1, 0.15) is 12.0 Å². The average molecular weight is 348 g/mol. The zero-order valence-electron chi connectivity index (χ0n) is 13.6. The van der Waals surface area contributed by atoms with E-state index < -0.39 is 6.23 Å². The molecule has 0 aromatic heterocycles. The first-order valence-electron chi connectivity index (χ1n) is 7.65. The van der Waals surface area contributed by atoms with Crippen LogP contribution in [0.5, 0.6) is 0 Å². The van der Waals surface area contributed by atoms with E-state index in [1.807, 2.05) is 19.1 Å². The summed E-state index contributed by atoms with van der Waals surface area (Å²) in [7, 11) is 0. The summed E-state index contributed by atoms with van der Waals surface area (Å²) < 4.78 is 18.5. The fourth-order valence-electron chi connectivity index (χ4n) is 2.19. The van der Waals surface area contributed by atoms with Gasteiger partial charge in [0, 0.05) is 17.2 Å². The van der Waals surface area contributed by atoms with Gasteiger partial charge in [0.05, 0.1) is 0 Å². The molecule has 126 valence electrons. The van der Waals surface area contributed by atoms with Crippen molar-refractivity contribution in [3.8, 4) is 0 Å². The second-order valence-electron chi connectivity index (χ2n) is 5.19. The smallest absolute Gasteiger partial charge is 0.253 e. The van der Waals surface area contributed by atoms with Crippen molar-refractivity contribution in [3.63, 3.8) is 0 Å². The number of amides is 1. The van der Waals surface area contributed by atoms with Crippen LogP contribution in [-0.4, -0.2) is 18.7 Å². The minimum Gasteiger partial charge on any atom is -0.359 e. The van der Waals surface area contributed by atoms with Gasteiger partial charge < -0.3 is 10.1 Å². The molecule has 1 unspecified atom stereocenters. The first kappa shape index (κ1) is 18.2. The van der Waals surface area contributed by atoms with E-state index in [2.05, 4.69) is 5.32 Å². The Morgan fingerprint density at radius 1 is 1.21 bits per heavy atom. The van der Waals surface area contributed by atoms with E-state index in [-0.39, 0.29) is 11.7 Å². The minimum absolute atomic E-state index is 0.294. The van der Waals surface area contributed by atoms with E-state index in [1.165, 1.54) is 12.1 Å². The number of ether oxygens (including phenoxy) is 1. The summed E-state index contributed by atoms with van der Waals surface area (Å²) in [6.07, 6.45) is 1.31. The number of nitrogens with one attached hydrogen (secondary N) is 1. The lowest BCUT2D eigenvalue weighted by Crippen LogP contribution is -2.35. The second kappa shape index (κ2) is 8.62. The molecule has 0 aliphatic rings. The first-order valence-corrected chi connectivity index (χ1v) is 8.03. The molecule has 0 saturated carbocycles. The molecule has 0 fully saturated rings. The summed E-state index contributed by atoms with van der Waals surface area (Å²) in [5.41, 5.74) is 1.86. The Kier molecular flexibility index (Phi) is 6.53. The van der Waals surface area contributed by atoms with E-state index in [0.717, 1.165) is 5.56 Å². The lowest BCUT2D eigenvalue weighted by molar-refractivity contribution is -0.119. The maximum atomic E-state index is 13.2. The van der Waals surface area contributed by atoms with Gasteiger partial charge in [-0.1, -0.05) is 35.9 Å². The number of halogens is 2. The molecule has 2 aromatic carbocycles. The van der Waals surface area contributed by atoms with Gasteiger partial charge in [-0.3, -0.25) is 4.79 Å². The van der Waals surface area contributed by atoms with E-state index in [0.29, 0.717) is 22.8 Å². The highest BCUT2D eigenvalue weighted by Crippen LogP contribution is 2.20. The van der Waals surface area contributed by atoms with Gasteiger partial charge in [-0.2, -0.15) is 0 Å². The number of carbonyl (C=O) groups excluding carboxylic acids is 1. The molecule has 5 heteroatoms. The van der Waals surface area contributed by atoms with Crippen molar-refractivity contribution in [3.05, 3.63) is 70.5 Å². The van der Waals surface area contributed by atoms with Crippen LogP contribution in [0.1, 0.15) is 25.0 Å². The maximum Gasteiger partial charge on any atom is 0.253 e. The maximum absolute atomic E-state index is 13.2. The largest absolute Gasteiger partial charge is 0.359 e. The molecule has 1 amide bonds. The number of hydrogen-bond acceptors (Lipinski definition) is 2. The number of hydrogen-bond donors (Lipinski definition) is 1. The molecule has 0 aliphatic carbocycles. The zero-order chi connectivity index (χ0) is 17.5. The molecule has 2 rings (SSSR count). The van der Waals surface area contributed by atoms with Gasteiger partial charge in [-0.25, -0.2) is 4.39 Å². The van der Waals surface area contributed by atoms with Gasteiger partial charge in [0.15, 0.2) is 0 Å². The van der Waals surface area contributed by atoms with Crippen LogP contribution < -0.4 is 5.32 Å². The van der Waals surface area contributed by atoms with Gasteiger partial charge >= 0.3 is 0 Å². The Morgan fingerprint density at radius 2 is 1.83 bits per heavy atom. The summed E-state index contributed by atoms with van der Waals surface area (Å²) in [6, 6.07) is 12.9. The summed E-state index contributed by atoms with van der Waals surface area (Å²) in [6.45, 7) is 4.10. The van der Waals surface area contributed by atoms with Crippen molar-refractivity contribution in [2.45, 2.75) is 20.1 Å². The molecule has 1 N–H and O–H groups in total. The Bertz CT molecular complexity index is 711. The Balaban J connectivity index is 2.35. The molecule has 0 saturated heterocycles. The summed E-state index contributed by atoms with van der Waals surface area (Å²) >= 11 is 5.89. The van der Waals surface area contributed by atoms with E-state index in [4.69, 9.17) is 16.3 Å². The molecular weight excluding hydrogens is 329 g/mol. The van der Waals surface area contributed by atoms with Crippen molar-refractivity contribution in [2.75, 3.05) is 6.61 Å². The predicted molar refractivity (Wildman–Crippen MR) is 95.0 cm³/mol. The average Bonchev–Trinajstić information content (AvgIpc) is 2.55. The van der Waals surface area contributed by atoms with Crippen LogP contribution in [0, 0.1) is 5.82 Å². The Hall–Kier alpha value is -2.17. The first-order chi connectivity index (χ1) is 11.5. The molecular formula is C19H19ClFNO2. The van der Waals surface area contributed by atoms with Crippen molar-refractivity contribution >= 4 is 29.2 Å². The Morgan fingerprint density at radius 3 is 2.42 bits per heavy atom. The molecule has 1 atom stereocenters.